The molecule has 1 aromatic rings. The number of rotatable bonds is 3. The lowest BCUT2D eigenvalue weighted by Crippen LogP contribution is -2.31. The molecule has 1 aliphatic rings. The molecule has 0 spiro atoms. The van der Waals surface area contributed by atoms with Crippen molar-refractivity contribution < 1.29 is 14.3 Å². The lowest BCUT2D eigenvalue weighted by molar-refractivity contribution is 0.0663. The average Bonchev–Trinajstić information content (AvgIpc) is 2.59. The van der Waals surface area contributed by atoms with Crippen molar-refractivity contribution in [3.8, 4) is 0 Å². The smallest absolute Gasteiger partial charge is 0.371 e. The van der Waals surface area contributed by atoms with E-state index in [1.165, 1.54) is 0 Å². The third-order valence-corrected chi connectivity index (χ3v) is 3.47. The van der Waals surface area contributed by atoms with Crippen LogP contribution in [0.4, 0.5) is 5.88 Å². The molecule has 1 aliphatic heterocycles. The monoisotopic (exact) mass is 242 g/mol. The predicted octanol–water partition coefficient (Wildman–Crippen LogP) is 1.43. The number of nitrogens with one attached hydrogen (secondary N) is 1. The van der Waals surface area contributed by atoms with Crippen molar-refractivity contribution >= 4 is 23.6 Å². The molecular formula is C10H14N2O3S. The molecule has 0 fully saturated rings. The van der Waals surface area contributed by atoms with Crippen LogP contribution in [0.15, 0.2) is 15.4 Å². The molecule has 88 valence electrons. The van der Waals surface area contributed by atoms with Gasteiger partial charge in [0.1, 0.15) is 0 Å². The van der Waals surface area contributed by atoms with Gasteiger partial charge >= 0.3 is 5.97 Å². The van der Waals surface area contributed by atoms with Crippen molar-refractivity contribution in [1.82, 2.24) is 4.90 Å². The Balaban J connectivity index is 2.11. The van der Waals surface area contributed by atoms with Crippen LogP contribution in [0.25, 0.3) is 0 Å². The summed E-state index contributed by atoms with van der Waals surface area (Å²) in [6.07, 6.45) is 0. The molecule has 2 rings (SSSR count). The molecule has 0 aromatic carbocycles. The third-order valence-electron chi connectivity index (χ3n) is 2.26. The first kappa shape index (κ1) is 11.3. The van der Waals surface area contributed by atoms with Gasteiger partial charge in [-0.25, -0.2) is 4.79 Å². The molecule has 2 heterocycles. The molecule has 2 N–H and O–H groups in total. The van der Waals surface area contributed by atoms with E-state index in [2.05, 4.69) is 10.2 Å². The highest BCUT2D eigenvalue weighted by molar-refractivity contribution is 8.00. The van der Waals surface area contributed by atoms with E-state index in [1.54, 1.807) is 17.8 Å². The Morgan fingerprint density at radius 2 is 2.50 bits per heavy atom. The standard InChI is InChI=1S/C10H14N2O3S/c1-12(2)5-6-4-11-9-8(16-6)3-7(15-9)10(13)14/h3,6,11H,4-5H2,1-2H3,(H,13,14). The number of furan rings is 1. The van der Waals surface area contributed by atoms with Crippen molar-refractivity contribution in [2.75, 3.05) is 32.5 Å². The molecule has 0 bridgehead atoms. The Bertz CT molecular complexity index is 403. The molecule has 1 unspecified atom stereocenters. The van der Waals surface area contributed by atoms with Gasteiger partial charge in [-0.1, -0.05) is 0 Å². The zero-order valence-corrected chi connectivity index (χ0v) is 10.0. The zero-order chi connectivity index (χ0) is 11.7. The number of nitrogens with zero attached hydrogens (tertiary/aromatic N) is 1. The molecule has 1 aromatic heterocycles. The molecule has 5 nitrogen and oxygen atoms in total. The lowest BCUT2D eigenvalue weighted by atomic mass is 10.4. The van der Waals surface area contributed by atoms with Crippen LogP contribution < -0.4 is 5.32 Å². The van der Waals surface area contributed by atoms with Crippen LogP contribution in [0.1, 0.15) is 10.6 Å². The van der Waals surface area contributed by atoms with E-state index >= 15 is 0 Å². The maximum Gasteiger partial charge on any atom is 0.371 e. The van der Waals surface area contributed by atoms with Gasteiger partial charge in [0.25, 0.3) is 0 Å². The summed E-state index contributed by atoms with van der Waals surface area (Å²) in [5.74, 6) is -0.450. The van der Waals surface area contributed by atoms with E-state index < -0.39 is 5.97 Å². The molecule has 0 amide bonds. The fourth-order valence-electron chi connectivity index (χ4n) is 1.63. The number of anilines is 1. The molecule has 0 radical (unpaired) electrons. The number of fused-ring (bicyclic) bond motifs is 1. The van der Waals surface area contributed by atoms with Crippen molar-refractivity contribution in [3.05, 3.63) is 11.8 Å². The van der Waals surface area contributed by atoms with Crippen LogP contribution in [0.2, 0.25) is 0 Å². The molecular weight excluding hydrogens is 228 g/mol. The van der Waals surface area contributed by atoms with Gasteiger partial charge < -0.3 is 19.7 Å². The summed E-state index contributed by atoms with van der Waals surface area (Å²) in [4.78, 5) is 13.7. The normalized spacial score (nSPS) is 19.3. The van der Waals surface area contributed by atoms with Gasteiger partial charge in [-0.15, -0.1) is 11.8 Å². The summed E-state index contributed by atoms with van der Waals surface area (Å²) in [5.41, 5.74) is 0. The van der Waals surface area contributed by atoms with Crippen molar-refractivity contribution in [3.63, 3.8) is 0 Å². The van der Waals surface area contributed by atoms with Gasteiger partial charge in [-0.2, -0.15) is 0 Å². The summed E-state index contributed by atoms with van der Waals surface area (Å²) in [6, 6.07) is 1.58. The summed E-state index contributed by atoms with van der Waals surface area (Å²) in [6.45, 7) is 1.74. The topological polar surface area (TPSA) is 65.7 Å². The van der Waals surface area contributed by atoms with Crippen LogP contribution in [-0.2, 0) is 0 Å². The van der Waals surface area contributed by atoms with Gasteiger partial charge in [-0.05, 0) is 14.1 Å². The SMILES string of the molecule is CN(C)CC1CNc2oc(C(=O)O)cc2S1. The third kappa shape index (κ3) is 2.33. The van der Waals surface area contributed by atoms with Crippen molar-refractivity contribution in [2.45, 2.75) is 10.1 Å². The highest BCUT2D eigenvalue weighted by Crippen LogP contribution is 2.37. The largest absolute Gasteiger partial charge is 0.475 e. The van der Waals surface area contributed by atoms with Gasteiger partial charge in [0, 0.05) is 24.4 Å². The van der Waals surface area contributed by atoms with Crippen LogP contribution in [0.5, 0.6) is 0 Å². The molecule has 6 heteroatoms. The second kappa shape index (κ2) is 4.39. The fraction of sp³-hybridized carbons (Fsp3) is 0.500. The number of carbonyl (C=O) groups is 1. The minimum Gasteiger partial charge on any atom is -0.475 e. The van der Waals surface area contributed by atoms with Gasteiger partial charge in [0.15, 0.2) is 0 Å². The van der Waals surface area contributed by atoms with E-state index in [0.717, 1.165) is 18.0 Å². The Hall–Kier alpha value is -1.14. The first-order valence-corrected chi connectivity index (χ1v) is 5.86. The maximum absolute atomic E-state index is 10.7. The first-order chi connectivity index (χ1) is 7.56. The Morgan fingerprint density at radius 3 is 3.12 bits per heavy atom. The Morgan fingerprint density at radius 1 is 1.75 bits per heavy atom. The molecule has 16 heavy (non-hydrogen) atoms. The van der Waals surface area contributed by atoms with Gasteiger partial charge in [0.2, 0.25) is 11.6 Å². The number of carboxylic acids is 1. The quantitative estimate of drug-likeness (QED) is 0.835. The predicted molar refractivity (Wildman–Crippen MR) is 62.4 cm³/mol. The second-order valence-electron chi connectivity index (χ2n) is 3.99. The van der Waals surface area contributed by atoms with E-state index in [0.29, 0.717) is 11.1 Å². The number of carboxylic acid groups (broad SMARTS) is 1. The van der Waals surface area contributed by atoms with Gasteiger partial charge in [0.05, 0.1) is 4.90 Å². The van der Waals surface area contributed by atoms with E-state index in [4.69, 9.17) is 9.52 Å². The number of thioether (sulfide) groups is 1. The molecule has 0 aliphatic carbocycles. The number of aromatic carboxylic acids is 1. The van der Waals surface area contributed by atoms with E-state index in [-0.39, 0.29) is 5.76 Å². The molecule has 0 saturated carbocycles. The summed E-state index contributed by atoms with van der Waals surface area (Å²) in [5, 5.41) is 12.3. The minimum atomic E-state index is -1.03. The first-order valence-electron chi connectivity index (χ1n) is 4.98. The summed E-state index contributed by atoms with van der Waals surface area (Å²) in [7, 11) is 4.04. The average molecular weight is 242 g/mol. The van der Waals surface area contributed by atoms with Crippen molar-refractivity contribution in [2.24, 2.45) is 0 Å². The second-order valence-corrected chi connectivity index (χ2v) is 5.33. The fourth-order valence-corrected chi connectivity index (χ4v) is 2.92. The minimum absolute atomic E-state index is 0.00416. The molecule has 0 saturated heterocycles. The van der Waals surface area contributed by atoms with Crippen LogP contribution >= 0.6 is 11.8 Å². The van der Waals surface area contributed by atoms with Gasteiger partial charge in [-0.3, -0.25) is 0 Å². The highest BCUT2D eigenvalue weighted by Gasteiger charge is 2.24. The molecule has 1 atom stereocenters. The highest BCUT2D eigenvalue weighted by atomic mass is 32.2. The van der Waals surface area contributed by atoms with Crippen LogP contribution in [0.3, 0.4) is 0 Å². The zero-order valence-electron chi connectivity index (χ0n) is 9.19. The summed E-state index contributed by atoms with van der Waals surface area (Å²) < 4.78 is 5.18. The van der Waals surface area contributed by atoms with Crippen LogP contribution in [0, 0.1) is 0 Å². The van der Waals surface area contributed by atoms with Crippen molar-refractivity contribution in [1.29, 1.82) is 0 Å². The van der Waals surface area contributed by atoms with E-state index in [9.17, 15) is 4.79 Å². The Kier molecular flexibility index (Phi) is 3.11. The summed E-state index contributed by atoms with van der Waals surface area (Å²) >= 11 is 1.66. The number of hydrogen-bond donors (Lipinski definition) is 2. The van der Waals surface area contributed by atoms with E-state index in [1.807, 2.05) is 14.1 Å². The Labute approximate surface area is 97.8 Å². The lowest BCUT2D eigenvalue weighted by Gasteiger charge is -2.24. The maximum atomic E-state index is 10.7. The number of hydrogen-bond acceptors (Lipinski definition) is 5. The van der Waals surface area contributed by atoms with Crippen LogP contribution in [-0.4, -0.2) is 48.4 Å².